The smallest absolute Gasteiger partial charge is 0.190 e. The fourth-order valence-corrected chi connectivity index (χ4v) is 5.14. The molecule has 4 rings (SSSR count). The van der Waals surface area contributed by atoms with Gasteiger partial charge in [-0.05, 0) is 62.4 Å². The summed E-state index contributed by atoms with van der Waals surface area (Å²) in [5, 5.41) is 11.0. The van der Waals surface area contributed by atoms with Crippen molar-refractivity contribution in [1.82, 2.24) is 9.88 Å². The lowest BCUT2D eigenvalue weighted by Gasteiger charge is -2.41. The third-order valence-corrected chi connectivity index (χ3v) is 7.48. The molecule has 1 atom stereocenters. The molecular formula is C27H29ClF4N2O3. The van der Waals surface area contributed by atoms with Crippen LogP contribution in [0.2, 0.25) is 5.02 Å². The predicted molar refractivity (Wildman–Crippen MR) is 133 cm³/mol. The number of halogens is 5. The van der Waals surface area contributed by atoms with E-state index in [1.807, 2.05) is 0 Å². The van der Waals surface area contributed by atoms with Crippen LogP contribution in [0.5, 0.6) is 11.5 Å². The van der Waals surface area contributed by atoms with E-state index in [0.717, 1.165) is 0 Å². The summed E-state index contributed by atoms with van der Waals surface area (Å²) in [5.41, 5.74) is 0.549. The van der Waals surface area contributed by atoms with Gasteiger partial charge in [0.1, 0.15) is 24.3 Å². The van der Waals surface area contributed by atoms with Gasteiger partial charge in [0.25, 0.3) is 0 Å². The maximum Gasteiger partial charge on any atom is 0.190 e. The van der Waals surface area contributed by atoms with E-state index < -0.39 is 34.8 Å². The van der Waals surface area contributed by atoms with Crippen molar-refractivity contribution in [2.75, 3.05) is 40.0 Å². The van der Waals surface area contributed by atoms with E-state index in [2.05, 4.69) is 9.88 Å². The van der Waals surface area contributed by atoms with Crippen molar-refractivity contribution in [3.8, 4) is 11.5 Å². The van der Waals surface area contributed by atoms with Crippen LogP contribution in [0.1, 0.15) is 37.4 Å². The van der Waals surface area contributed by atoms with Crippen LogP contribution in [0.15, 0.2) is 36.5 Å². The minimum Gasteiger partial charge on any atom is -0.497 e. The molecule has 10 heteroatoms. The summed E-state index contributed by atoms with van der Waals surface area (Å²) in [7, 11) is 1.54. The molecule has 3 aromatic rings. The Kier molecular flexibility index (Phi) is 8.77. The number of piperidine rings is 1. The van der Waals surface area contributed by atoms with Gasteiger partial charge in [-0.2, -0.15) is 0 Å². The van der Waals surface area contributed by atoms with E-state index in [-0.39, 0.29) is 24.7 Å². The van der Waals surface area contributed by atoms with Crippen LogP contribution in [0, 0.1) is 22.9 Å². The van der Waals surface area contributed by atoms with Crippen LogP contribution in [0.3, 0.4) is 0 Å². The van der Waals surface area contributed by atoms with Gasteiger partial charge >= 0.3 is 0 Å². The van der Waals surface area contributed by atoms with Crippen LogP contribution in [0.25, 0.3) is 10.9 Å². The molecule has 0 unspecified atom stereocenters. The van der Waals surface area contributed by atoms with Gasteiger partial charge < -0.3 is 14.6 Å². The highest BCUT2D eigenvalue weighted by molar-refractivity contribution is 6.32. The van der Waals surface area contributed by atoms with Crippen molar-refractivity contribution in [3.05, 3.63) is 64.6 Å². The van der Waals surface area contributed by atoms with Gasteiger partial charge in [-0.1, -0.05) is 11.6 Å². The second kappa shape index (κ2) is 11.8. The maximum atomic E-state index is 15.6. The fourth-order valence-electron chi connectivity index (χ4n) is 4.87. The van der Waals surface area contributed by atoms with E-state index >= 15 is 4.39 Å². The van der Waals surface area contributed by atoms with Crippen molar-refractivity contribution in [3.63, 3.8) is 0 Å². The molecule has 0 bridgehead atoms. The average Bonchev–Trinajstić information content (AvgIpc) is 2.89. The topological polar surface area (TPSA) is 54.8 Å². The van der Waals surface area contributed by atoms with Crippen LogP contribution in [-0.4, -0.2) is 54.9 Å². The average molecular weight is 541 g/mol. The second-order valence-electron chi connectivity index (χ2n) is 9.46. The van der Waals surface area contributed by atoms with Crippen LogP contribution >= 0.6 is 11.6 Å². The first-order chi connectivity index (χ1) is 17.7. The van der Waals surface area contributed by atoms with Crippen molar-refractivity contribution >= 4 is 22.5 Å². The number of aliphatic hydroxyl groups excluding tert-OH is 1. The molecule has 1 N–H and O–H groups in total. The third-order valence-electron chi connectivity index (χ3n) is 7.18. The van der Waals surface area contributed by atoms with Gasteiger partial charge in [0.2, 0.25) is 0 Å². The highest BCUT2D eigenvalue weighted by atomic mass is 35.5. The zero-order chi connectivity index (χ0) is 26.6. The van der Waals surface area contributed by atoms with E-state index in [4.69, 9.17) is 21.1 Å². The van der Waals surface area contributed by atoms with Gasteiger partial charge in [-0.15, -0.1) is 0 Å². The molecule has 1 aromatic heterocycles. The number of hydrogen-bond donors (Lipinski definition) is 1. The molecular weight excluding hydrogens is 512 g/mol. The molecule has 0 amide bonds. The summed E-state index contributed by atoms with van der Waals surface area (Å²) in [4.78, 5) is 6.33. The molecule has 1 aliphatic heterocycles. The number of nitrogens with zero attached hydrogens (tertiary/aromatic N) is 2. The number of rotatable bonds is 10. The summed E-state index contributed by atoms with van der Waals surface area (Å²) >= 11 is 6.35. The Labute approximate surface area is 218 Å². The van der Waals surface area contributed by atoms with Gasteiger partial charge in [0.15, 0.2) is 17.4 Å². The quantitative estimate of drug-likeness (QED) is 0.308. The Morgan fingerprint density at radius 2 is 1.84 bits per heavy atom. The van der Waals surface area contributed by atoms with Crippen LogP contribution in [0.4, 0.5) is 17.6 Å². The molecule has 0 radical (unpaired) electrons. The lowest BCUT2D eigenvalue weighted by molar-refractivity contribution is 0.0263. The number of ether oxygens (including phenoxy) is 2. The number of likely N-dealkylation sites (tertiary alicyclic amines) is 1. The minimum absolute atomic E-state index is 0.0230. The Morgan fingerprint density at radius 1 is 1.14 bits per heavy atom. The summed E-state index contributed by atoms with van der Waals surface area (Å²) in [5.74, 6) is -3.20. The lowest BCUT2D eigenvalue weighted by Crippen LogP contribution is -2.43. The fraction of sp³-hybridized carbons (Fsp3) is 0.444. The molecule has 37 heavy (non-hydrogen) atoms. The molecule has 1 aliphatic rings. The molecule has 1 fully saturated rings. The van der Waals surface area contributed by atoms with Gasteiger partial charge in [-0.25, -0.2) is 17.6 Å². The third kappa shape index (κ3) is 6.27. The summed E-state index contributed by atoms with van der Waals surface area (Å²) in [6.45, 7) is 1.59. The molecule has 0 spiro atoms. The van der Waals surface area contributed by atoms with E-state index in [0.29, 0.717) is 73.2 Å². The molecule has 1 saturated heterocycles. The predicted octanol–water partition coefficient (Wildman–Crippen LogP) is 6.26. The highest BCUT2D eigenvalue weighted by Crippen LogP contribution is 2.41. The highest BCUT2D eigenvalue weighted by Gasteiger charge is 2.35. The summed E-state index contributed by atoms with van der Waals surface area (Å²) in [6, 6.07) is 6.39. The number of benzene rings is 2. The SMILES string of the molecule is COc1ccc2ncc(Cl)c([C@H](F)CCC3(CO)CCN(CCOc4c(F)cc(F)cc4F)CC3)c2c1. The monoisotopic (exact) mass is 540 g/mol. The van der Waals surface area contributed by atoms with Crippen LogP contribution < -0.4 is 9.47 Å². The standard InChI is InChI=1S/C27H29ClF4N2O3/c1-36-18-2-3-24-19(14-18)25(20(28)15-33-24)21(30)4-5-27(16-35)6-8-34(9-7-27)10-11-37-26-22(31)12-17(29)13-23(26)32/h2-3,12-15,21,35H,4-11,16H2,1H3/t21-/m1/s1. The summed E-state index contributed by atoms with van der Waals surface area (Å²) in [6.07, 6.45) is 2.01. The minimum atomic E-state index is -1.35. The number of aromatic nitrogens is 1. The zero-order valence-electron chi connectivity index (χ0n) is 20.5. The number of hydrogen-bond acceptors (Lipinski definition) is 5. The summed E-state index contributed by atoms with van der Waals surface area (Å²) < 4.78 is 66.6. The van der Waals surface area contributed by atoms with Gasteiger partial charge in [-0.3, -0.25) is 9.88 Å². The van der Waals surface area contributed by atoms with Crippen molar-refractivity contribution in [2.45, 2.75) is 31.9 Å². The van der Waals surface area contributed by atoms with Crippen molar-refractivity contribution < 1.29 is 32.1 Å². The first-order valence-corrected chi connectivity index (χ1v) is 12.5. The molecule has 2 aromatic carbocycles. The first kappa shape index (κ1) is 27.4. The van der Waals surface area contributed by atoms with Crippen molar-refractivity contribution in [2.24, 2.45) is 5.41 Å². The lowest BCUT2D eigenvalue weighted by atomic mass is 9.74. The van der Waals surface area contributed by atoms with E-state index in [1.165, 1.54) is 13.3 Å². The normalized spacial score (nSPS) is 16.6. The van der Waals surface area contributed by atoms with Gasteiger partial charge in [0, 0.05) is 42.4 Å². The van der Waals surface area contributed by atoms with Crippen molar-refractivity contribution in [1.29, 1.82) is 0 Å². The maximum absolute atomic E-state index is 15.6. The Morgan fingerprint density at radius 3 is 2.49 bits per heavy atom. The number of pyridine rings is 1. The van der Waals surface area contributed by atoms with E-state index in [1.54, 1.807) is 18.2 Å². The Balaban J connectivity index is 1.33. The molecule has 0 saturated carbocycles. The number of aliphatic hydroxyl groups is 1. The molecule has 5 nitrogen and oxygen atoms in total. The second-order valence-corrected chi connectivity index (χ2v) is 9.86. The number of methoxy groups -OCH3 is 1. The van der Waals surface area contributed by atoms with Gasteiger partial charge in [0.05, 0.1) is 17.6 Å². The largest absolute Gasteiger partial charge is 0.497 e. The molecule has 2 heterocycles. The van der Waals surface area contributed by atoms with E-state index in [9.17, 15) is 18.3 Å². The Hall–Kier alpha value is -2.62. The molecule has 0 aliphatic carbocycles. The number of alkyl halides is 1. The Bertz CT molecular complexity index is 1210. The first-order valence-electron chi connectivity index (χ1n) is 12.1. The zero-order valence-corrected chi connectivity index (χ0v) is 21.2. The number of fused-ring (bicyclic) bond motifs is 1. The van der Waals surface area contributed by atoms with Crippen LogP contribution in [-0.2, 0) is 0 Å². The molecule has 200 valence electrons.